The highest BCUT2D eigenvalue weighted by Gasteiger charge is 2.47. The highest BCUT2D eigenvalue weighted by atomic mass is 32.2. The van der Waals surface area contributed by atoms with Gasteiger partial charge in [-0.1, -0.05) is 37.3 Å². The number of nitrogens with zero attached hydrogens (tertiary/aromatic N) is 4. The van der Waals surface area contributed by atoms with E-state index < -0.39 is 9.84 Å². The molecule has 2 aromatic rings. The van der Waals surface area contributed by atoms with Crippen LogP contribution in [0.5, 0.6) is 0 Å². The molecule has 0 bridgehead atoms. The van der Waals surface area contributed by atoms with Gasteiger partial charge >= 0.3 is 0 Å². The van der Waals surface area contributed by atoms with Gasteiger partial charge in [0.25, 0.3) is 5.91 Å². The van der Waals surface area contributed by atoms with Gasteiger partial charge in [-0.25, -0.2) is 18.4 Å². The van der Waals surface area contributed by atoms with Crippen molar-refractivity contribution in [3.63, 3.8) is 0 Å². The second kappa shape index (κ2) is 7.01. The average molecular weight is 386 g/mol. The van der Waals surface area contributed by atoms with Gasteiger partial charge in [-0.15, -0.1) is 0 Å². The third kappa shape index (κ3) is 3.46. The third-order valence-corrected chi connectivity index (χ3v) is 7.09. The summed E-state index contributed by atoms with van der Waals surface area (Å²) in [6.45, 7) is 4.01. The van der Waals surface area contributed by atoms with Crippen molar-refractivity contribution < 1.29 is 13.2 Å². The summed E-state index contributed by atoms with van der Waals surface area (Å²) in [7, 11) is -3.13. The smallest absolute Gasteiger partial charge is 0.257 e. The third-order valence-electron chi connectivity index (χ3n) is 5.39. The van der Waals surface area contributed by atoms with Gasteiger partial charge in [0.2, 0.25) is 0 Å². The van der Waals surface area contributed by atoms with Crippen LogP contribution in [0.4, 0.5) is 0 Å². The van der Waals surface area contributed by atoms with Crippen molar-refractivity contribution in [1.29, 1.82) is 0 Å². The van der Waals surface area contributed by atoms with E-state index in [2.05, 4.69) is 14.9 Å². The van der Waals surface area contributed by atoms with Crippen LogP contribution in [0.2, 0.25) is 0 Å². The highest BCUT2D eigenvalue weighted by molar-refractivity contribution is 7.91. The number of carbonyl (C=O) groups excluding carboxylic acids is 1. The van der Waals surface area contributed by atoms with E-state index in [0.717, 1.165) is 12.1 Å². The minimum Gasteiger partial charge on any atom is -0.332 e. The minimum atomic E-state index is -3.13. The molecule has 0 radical (unpaired) electrons. The Labute approximate surface area is 159 Å². The van der Waals surface area contributed by atoms with Crippen LogP contribution < -0.4 is 0 Å². The summed E-state index contributed by atoms with van der Waals surface area (Å²) in [6, 6.07) is 9.14. The van der Waals surface area contributed by atoms with E-state index in [0.29, 0.717) is 24.5 Å². The predicted molar refractivity (Wildman–Crippen MR) is 102 cm³/mol. The van der Waals surface area contributed by atoms with Gasteiger partial charge in [0.15, 0.2) is 15.7 Å². The molecule has 1 aromatic carbocycles. The largest absolute Gasteiger partial charge is 0.332 e. The van der Waals surface area contributed by atoms with Gasteiger partial charge in [0.1, 0.15) is 0 Å². The summed E-state index contributed by atoms with van der Waals surface area (Å²) in [5.74, 6) is 0.517. The molecular weight excluding hydrogens is 364 g/mol. The van der Waals surface area contributed by atoms with Crippen molar-refractivity contribution >= 4 is 15.7 Å². The monoisotopic (exact) mass is 386 g/mol. The number of rotatable bonds is 3. The molecule has 142 valence electrons. The predicted octanol–water partition coefficient (Wildman–Crippen LogP) is 1.09. The van der Waals surface area contributed by atoms with Crippen LogP contribution in [-0.2, 0) is 9.84 Å². The number of fused-ring (bicyclic) bond motifs is 1. The maximum Gasteiger partial charge on any atom is 0.257 e. The fourth-order valence-corrected chi connectivity index (χ4v) is 6.02. The zero-order chi connectivity index (χ0) is 19.0. The molecule has 2 saturated heterocycles. The van der Waals surface area contributed by atoms with E-state index in [1.807, 2.05) is 37.3 Å². The molecule has 0 spiro atoms. The molecule has 0 N–H and O–H groups in total. The number of benzene rings is 1. The number of likely N-dealkylation sites (N-methyl/N-ethyl adjacent to an activating group) is 1. The number of carbonyl (C=O) groups is 1. The van der Waals surface area contributed by atoms with E-state index in [-0.39, 0.29) is 29.5 Å². The van der Waals surface area contributed by atoms with Crippen molar-refractivity contribution in [1.82, 2.24) is 19.8 Å². The Hall–Kier alpha value is -2.32. The minimum absolute atomic E-state index is 0.0306. The average Bonchev–Trinajstić information content (AvgIpc) is 3.02. The van der Waals surface area contributed by atoms with Crippen molar-refractivity contribution in [3.8, 4) is 11.4 Å². The van der Waals surface area contributed by atoms with Crippen LogP contribution in [0.15, 0.2) is 42.7 Å². The summed E-state index contributed by atoms with van der Waals surface area (Å²) >= 11 is 0. The first-order chi connectivity index (χ1) is 13.0. The fourth-order valence-electron chi connectivity index (χ4n) is 4.01. The van der Waals surface area contributed by atoms with E-state index in [9.17, 15) is 13.2 Å². The molecule has 2 fully saturated rings. The Morgan fingerprint density at radius 1 is 1.07 bits per heavy atom. The number of aromatic nitrogens is 2. The molecule has 27 heavy (non-hydrogen) atoms. The van der Waals surface area contributed by atoms with Crippen LogP contribution in [0, 0.1) is 0 Å². The van der Waals surface area contributed by atoms with E-state index >= 15 is 0 Å². The van der Waals surface area contributed by atoms with Crippen LogP contribution in [0.25, 0.3) is 11.4 Å². The topological polar surface area (TPSA) is 83.5 Å². The summed E-state index contributed by atoms with van der Waals surface area (Å²) in [6.07, 6.45) is 3.06. The number of piperazine rings is 1. The van der Waals surface area contributed by atoms with Gasteiger partial charge in [0.05, 0.1) is 23.1 Å². The Morgan fingerprint density at radius 2 is 1.74 bits per heavy atom. The molecule has 7 nitrogen and oxygen atoms in total. The molecule has 1 amide bonds. The Bertz CT molecular complexity index is 931. The molecule has 8 heteroatoms. The molecule has 2 atom stereocenters. The molecule has 3 heterocycles. The molecule has 2 aliphatic rings. The lowest BCUT2D eigenvalue weighted by Crippen LogP contribution is -2.60. The van der Waals surface area contributed by atoms with Crippen molar-refractivity contribution in [3.05, 3.63) is 48.3 Å². The number of amides is 1. The number of sulfone groups is 1. The fraction of sp³-hybridized carbons (Fsp3) is 0.421. The lowest BCUT2D eigenvalue weighted by molar-refractivity contribution is 0.0349. The van der Waals surface area contributed by atoms with Gasteiger partial charge < -0.3 is 4.90 Å². The van der Waals surface area contributed by atoms with Crippen molar-refractivity contribution in [2.45, 2.75) is 19.0 Å². The molecule has 0 saturated carbocycles. The Kier molecular flexibility index (Phi) is 4.69. The zero-order valence-electron chi connectivity index (χ0n) is 15.2. The maximum atomic E-state index is 13.0. The van der Waals surface area contributed by atoms with Crippen LogP contribution in [0.1, 0.15) is 17.3 Å². The Morgan fingerprint density at radius 3 is 2.41 bits per heavy atom. The van der Waals surface area contributed by atoms with E-state index in [1.165, 1.54) is 12.4 Å². The van der Waals surface area contributed by atoms with Crippen LogP contribution in [-0.4, -0.2) is 77.3 Å². The number of hydrogen-bond acceptors (Lipinski definition) is 6. The van der Waals surface area contributed by atoms with Gasteiger partial charge in [-0.2, -0.15) is 0 Å². The molecule has 0 aliphatic carbocycles. The Balaban J connectivity index is 1.57. The number of hydrogen-bond donors (Lipinski definition) is 0. The van der Waals surface area contributed by atoms with Crippen LogP contribution >= 0.6 is 0 Å². The summed E-state index contributed by atoms with van der Waals surface area (Å²) in [5, 5.41) is 0. The first kappa shape index (κ1) is 18.1. The molecule has 4 rings (SSSR count). The van der Waals surface area contributed by atoms with Gasteiger partial charge in [0, 0.05) is 37.1 Å². The quantitative estimate of drug-likeness (QED) is 0.785. The molecular formula is C19H22N4O3S. The van der Waals surface area contributed by atoms with Gasteiger partial charge in [-0.3, -0.25) is 9.69 Å². The standard InChI is InChI=1S/C19H22N4O3S/c1-2-22-8-9-23(17-13-27(25,26)12-16(17)22)19(24)15-10-20-18(21-11-15)14-6-4-3-5-7-14/h3-7,10-11,16-17H,2,8-9,12-13H2,1H3/t16-,17+/m1/s1. The van der Waals surface area contributed by atoms with Crippen LogP contribution in [0.3, 0.4) is 0 Å². The first-order valence-electron chi connectivity index (χ1n) is 9.11. The van der Waals surface area contributed by atoms with E-state index in [1.54, 1.807) is 4.90 Å². The van der Waals surface area contributed by atoms with E-state index in [4.69, 9.17) is 0 Å². The second-order valence-corrected chi connectivity index (χ2v) is 9.15. The van der Waals surface area contributed by atoms with Crippen molar-refractivity contribution in [2.24, 2.45) is 0 Å². The molecule has 1 aromatic heterocycles. The summed E-state index contributed by atoms with van der Waals surface area (Å²) in [5.41, 5.74) is 1.28. The summed E-state index contributed by atoms with van der Waals surface area (Å²) < 4.78 is 24.4. The van der Waals surface area contributed by atoms with Gasteiger partial charge in [-0.05, 0) is 6.54 Å². The molecule has 2 aliphatic heterocycles. The second-order valence-electron chi connectivity index (χ2n) is 7.00. The normalized spacial score (nSPS) is 24.6. The summed E-state index contributed by atoms with van der Waals surface area (Å²) in [4.78, 5) is 25.5. The SMILES string of the molecule is CCN1CCN(C(=O)c2cnc(-c3ccccc3)nc2)[C@H]2CS(=O)(=O)C[C@H]21. The van der Waals surface area contributed by atoms with Crippen molar-refractivity contribution in [2.75, 3.05) is 31.1 Å². The molecule has 0 unspecified atom stereocenters. The lowest BCUT2D eigenvalue weighted by atomic mass is 10.0. The first-order valence-corrected chi connectivity index (χ1v) is 10.9. The zero-order valence-corrected chi connectivity index (χ0v) is 16.0. The lowest BCUT2D eigenvalue weighted by Gasteiger charge is -2.43. The highest BCUT2D eigenvalue weighted by Crippen LogP contribution is 2.28. The maximum absolute atomic E-state index is 13.0.